The number of nitrogens with zero attached hydrogens (tertiary/aromatic N) is 3. The van der Waals surface area contributed by atoms with Crippen LogP contribution in [-0.4, -0.2) is 20.6 Å². The highest BCUT2D eigenvalue weighted by molar-refractivity contribution is 5.96. The molecule has 0 saturated carbocycles. The van der Waals surface area contributed by atoms with Gasteiger partial charge < -0.3 is 14.4 Å². The van der Waals surface area contributed by atoms with Gasteiger partial charge in [-0.1, -0.05) is 31.1 Å². The number of aromatic nitrogens is 3. The van der Waals surface area contributed by atoms with E-state index in [1.165, 1.54) is 5.56 Å². The van der Waals surface area contributed by atoms with Crippen LogP contribution in [0.2, 0.25) is 0 Å². The quantitative estimate of drug-likeness (QED) is 0.703. The van der Waals surface area contributed by atoms with Crippen molar-refractivity contribution in [2.45, 2.75) is 59.9 Å². The highest BCUT2D eigenvalue weighted by Gasteiger charge is 2.30. The maximum Gasteiger partial charge on any atom is 0.253 e. The van der Waals surface area contributed by atoms with Crippen molar-refractivity contribution >= 4 is 5.91 Å². The molecular weight excluding hydrogens is 352 g/mol. The Morgan fingerprint density at radius 1 is 1.14 bits per heavy atom. The molecule has 0 radical (unpaired) electrons. The molecule has 0 fully saturated rings. The molecule has 6 nitrogen and oxygen atoms in total. The number of rotatable bonds is 5. The first-order chi connectivity index (χ1) is 13.1. The lowest BCUT2D eigenvalue weighted by Crippen LogP contribution is -2.42. The van der Waals surface area contributed by atoms with Gasteiger partial charge in [0.05, 0.1) is 11.1 Å². The summed E-state index contributed by atoms with van der Waals surface area (Å²) in [5.41, 5.74) is 4.14. The molecule has 0 saturated heterocycles. The monoisotopic (exact) mass is 380 g/mol. The average molecular weight is 380 g/mol. The van der Waals surface area contributed by atoms with Gasteiger partial charge in [0.2, 0.25) is 5.89 Å². The van der Waals surface area contributed by atoms with Crippen LogP contribution >= 0.6 is 0 Å². The van der Waals surface area contributed by atoms with Gasteiger partial charge in [0.1, 0.15) is 0 Å². The Morgan fingerprint density at radius 3 is 2.32 bits per heavy atom. The average Bonchev–Trinajstić information content (AvgIpc) is 3.18. The van der Waals surface area contributed by atoms with Gasteiger partial charge in [-0.15, -0.1) is 0 Å². The van der Waals surface area contributed by atoms with E-state index in [9.17, 15) is 4.79 Å². The molecule has 0 aliphatic heterocycles. The minimum Gasteiger partial charge on any atom is -0.340 e. The molecule has 1 N–H and O–H groups in total. The van der Waals surface area contributed by atoms with Crippen LogP contribution in [0.25, 0.3) is 5.69 Å². The summed E-state index contributed by atoms with van der Waals surface area (Å²) < 4.78 is 7.15. The van der Waals surface area contributed by atoms with Crippen LogP contribution in [0, 0.1) is 20.8 Å². The van der Waals surface area contributed by atoms with Crippen molar-refractivity contribution in [3.8, 4) is 5.69 Å². The Hall–Kier alpha value is -2.89. The summed E-state index contributed by atoms with van der Waals surface area (Å²) in [6, 6.07) is 10.4. The fraction of sp³-hybridized carbons (Fsp3) is 0.409. The summed E-state index contributed by atoms with van der Waals surface area (Å²) in [4.78, 5) is 17.2. The van der Waals surface area contributed by atoms with E-state index in [1.807, 2.05) is 33.8 Å². The number of hydrogen-bond donors (Lipinski definition) is 1. The Bertz CT molecular complexity index is 994. The van der Waals surface area contributed by atoms with Gasteiger partial charge >= 0.3 is 0 Å². The number of carbonyl (C=O) groups excluding carboxylic acids is 1. The van der Waals surface area contributed by atoms with E-state index in [0.29, 0.717) is 23.2 Å². The first kappa shape index (κ1) is 19.9. The molecule has 0 atom stereocenters. The Kier molecular flexibility index (Phi) is 5.15. The number of hydrogen-bond acceptors (Lipinski definition) is 4. The zero-order chi connectivity index (χ0) is 20.6. The number of amides is 1. The molecule has 0 spiro atoms. The van der Waals surface area contributed by atoms with Gasteiger partial charge in [-0.25, -0.2) is 0 Å². The van der Waals surface area contributed by atoms with E-state index < -0.39 is 5.54 Å². The van der Waals surface area contributed by atoms with E-state index in [0.717, 1.165) is 17.1 Å². The molecule has 28 heavy (non-hydrogen) atoms. The van der Waals surface area contributed by atoms with Crippen LogP contribution in [0.3, 0.4) is 0 Å². The molecule has 2 heterocycles. The molecule has 2 aromatic heterocycles. The largest absolute Gasteiger partial charge is 0.340 e. The topological polar surface area (TPSA) is 73.0 Å². The number of benzene rings is 1. The van der Waals surface area contributed by atoms with Crippen LogP contribution in [0.15, 0.2) is 34.9 Å². The summed E-state index contributed by atoms with van der Waals surface area (Å²) in [7, 11) is 0. The van der Waals surface area contributed by atoms with Crippen molar-refractivity contribution < 1.29 is 9.32 Å². The van der Waals surface area contributed by atoms with E-state index in [1.54, 1.807) is 6.92 Å². The third-order valence-electron chi connectivity index (χ3n) is 5.01. The molecular formula is C22H28N4O2. The SMILES string of the molecule is Cc1nc(C(C)(C)NC(=O)c2cc(C)n(-c3ccc(C(C)C)cc3)c2C)no1. The summed E-state index contributed by atoms with van der Waals surface area (Å²) in [6.07, 6.45) is 0. The third kappa shape index (κ3) is 3.72. The van der Waals surface area contributed by atoms with E-state index in [-0.39, 0.29) is 5.91 Å². The number of aryl methyl sites for hydroxylation is 2. The Labute approximate surface area is 166 Å². The number of nitrogens with one attached hydrogen (secondary N) is 1. The van der Waals surface area contributed by atoms with Crippen molar-refractivity contribution in [3.63, 3.8) is 0 Å². The van der Waals surface area contributed by atoms with Crippen molar-refractivity contribution in [1.29, 1.82) is 0 Å². The summed E-state index contributed by atoms with van der Waals surface area (Å²) in [6.45, 7) is 13.8. The van der Waals surface area contributed by atoms with Crippen LogP contribution < -0.4 is 5.32 Å². The highest BCUT2D eigenvalue weighted by Crippen LogP contribution is 2.24. The molecule has 1 amide bonds. The van der Waals surface area contributed by atoms with Gasteiger partial charge in [0.25, 0.3) is 5.91 Å². The molecule has 3 rings (SSSR count). The highest BCUT2D eigenvalue weighted by atomic mass is 16.5. The van der Waals surface area contributed by atoms with Gasteiger partial charge in [-0.05, 0) is 57.4 Å². The van der Waals surface area contributed by atoms with Crippen molar-refractivity contribution in [2.24, 2.45) is 0 Å². The first-order valence-corrected chi connectivity index (χ1v) is 9.52. The van der Waals surface area contributed by atoms with Crippen LogP contribution in [0.4, 0.5) is 0 Å². The molecule has 148 valence electrons. The smallest absolute Gasteiger partial charge is 0.253 e. The predicted molar refractivity (Wildman–Crippen MR) is 109 cm³/mol. The van der Waals surface area contributed by atoms with Crippen molar-refractivity contribution in [2.75, 3.05) is 0 Å². The maximum absolute atomic E-state index is 13.0. The molecule has 6 heteroatoms. The lowest BCUT2D eigenvalue weighted by molar-refractivity contribution is 0.0907. The summed E-state index contributed by atoms with van der Waals surface area (Å²) in [5.74, 6) is 1.25. The van der Waals surface area contributed by atoms with E-state index in [2.05, 4.69) is 58.1 Å². The standard InChI is InChI=1S/C22H28N4O2/c1-13(2)17-8-10-18(11-9-17)26-14(3)12-19(15(26)4)20(27)24-22(6,7)21-23-16(5)28-25-21/h8-13H,1-7H3,(H,24,27). The minimum absolute atomic E-state index is 0.161. The summed E-state index contributed by atoms with van der Waals surface area (Å²) >= 11 is 0. The molecule has 0 aliphatic rings. The number of carbonyl (C=O) groups is 1. The van der Waals surface area contributed by atoms with E-state index in [4.69, 9.17) is 4.52 Å². The minimum atomic E-state index is -0.740. The van der Waals surface area contributed by atoms with E-state index >= 15 is 0 Å². The zero-order valence-electron chi connectivity index (χ0n) is 17.6. The first-order valence-electron chi connectivity index (χ1n) is 9.52. The van der Waals surface area contributed by atoms with Crippen LogP contribution in [-0.2, 0) is 5.54 Å². The van der Waals surface area contributed by atoms with Crippen molar-refractivity contribution in [3.05, 3.63) is 64.6 Å². The second-order valence-electron chi connectivity index (χ2n) is 8.08. The Balaban J connectivity index is 1.89. The Morgan fingerprint density at radius 2 is 1.79 bits per heavy atom. The lowest BCUT2D eigenvalue weighted by atomic mass is 10.0. The molecule has 3 aromatic rings. The lowest BCUT2D eigenvalue weighted by Gasteiger charge is -2.22. The van der Waals surface area contributed by atoms with Crippen LogP contribution in [0.1, 0.15) is 72.6 Å². The van der Waals surface area contributed by atoms with Gasteiger partial charge in [0.15, 0.2) is 5.82 Å². The fourth-order valence-corrected chi connectivity index (χ4v) is 3.36. The van der Waals surface area contributed by atoms with Crippen LogP contribution in [0.5, 0.6) is 0 Å². The molecule has 0 aliphatic carbocycles. The third-order valence-corrected chi connectivity index (χ3v) is 5.01. The second-order valence-corrected chi connectivity index (χ2v) is 8.08. The van der Waals surface area contributed by atoms with Gasteiger partial charge in [-0.3, -0.25) is 4.79 Å². The predicted octanol–water partition coefficient (Wildman–Crippen LogP) is 4.57. The normalized spacial score (nSPS) is 11.9. The maximum atomic E-state index is 13.0. The molecule has 0 unspecified atom stereocenters. The van der Waals surface area contributed by atoms with Gasteiger partial charge in [-0.2, -0.15) is 4.98 Å². The second kappa shape index (κ2) is 7.26. The summed E-state index contributed by atoms with van der Waals surface area (Å²) in [5, 5.41) is 6.97. The van der Waals surface area contributed by atoms with Crippen molar-refractivity contribution in [1.82, 2.24) is 20.0 Å². The zero-order valence-corrected chi connectivity index (χ0v) is 17.6. The molecule has 0 bridgehead atoms. The fourth-order valence-electron chi connectivity index (χ4n) is 3.36. The molecule has 1 aromatic carbocycles. The van der Waals surface area contributed by atoms with Gasteiger partial charge in [0, 0.05) is 24.0 Å².